The minimum Gasteiger partial charge on any atom is -0.350 e. The summed E-state index contributed by atoms with van der Waals surface area (Å²) in [4.78, 5) is 11.9. The summed E-state index contributed by atoms with van der Waals surface area (Å²) in [5, 5.41) is 4.17. The average molecular weight is 264 g/mol. The van der Waals surface area contributed by atoms with Crippen molar-refractivity contribution in [2.24, 2.45) is 0 Å². The molecule has 1 N–H and O–H groups in total. The largest absolute Gasteiger partial charge is 0.350 e. The van der Waals surface area contributed by atoms with Crippen LogP contribution in [-0.2, 0) is 6.54 Å². The van der Waals surface area contributed by atoms with Crippen molar-refractivity contribution >= 4 is 16.8 Å². The van der Waals surface area contributed by atoms with Crippen LogP contribution in [0.5, 0.6) is 0 Å². The highest BCUT2D eigenvalue weighted by atomic mass is 16.1. The van der Waals surface area contributed by atoms with Gasteiger partial charge in [0.1, 0.15) is 0 Å². The van der Waals surface area contributed by atoms with Crippen molar-refractivity contribution in [3.63, 3.8) is 0 Å². The van der Waals surface area contributed by atoms with Gasteiger partial charge in [-0.1, -0.05) is 36.4 Å². The molecule has 1 amide bonds. The molecule has 100 valence electrons. The van der Waals surface area contributed by atoms with Crippen LogP contribution >= 0.6 is 0 Å². The van der Waals surface area contributed by atoms with Gasteiger partial charge in [-0.3, -0.25) is 4.79 Å². The molecule has 0 aliphatic heterocycles. The fourth-order valence-electron chi connectivity index (χ4n) is 2.32. The SMILES string of the molecule is O=C(NCCn1ccc2ccccc21)c1ccccc1. The number of benzene rings is 2. The molecule has 0 spiro atoms. The molecule has 2 aromatic carbocycles. The lowest BCUT2D eigenvalue weighted by Crippen LogP contribution is -2.26. The van der Waals surface area contributed by atoms with Gasteiger partial charge < -0.3 is 9.88 Å². The van der Waals surface area contributed by atoms with Gasteiger partial charge in [-0.25, -0.2) is 0 Å². The molecule has 3 nitrogen and oxygen atoms in total. The predicted octanol–water partition coefficient (Wildman–Crippen LogP) is 3.07. The summed E-state index contributed by atoms with van der Waals surface area (Å²) in [6.45, 7) is 1.39. The molecule has 0 atom stereocenters. The number of nitrogens with zero attached hydrogens (tertiary/aromatic N) is 1. The lowest BCUT2D eigenvalue weighted by molar-refractivity contribution is 0.0952. The van der Waals surface area contributed by atoms with Crippen molar-refractivity contribution in [2.75, 3.05) is 6.54 Å². The summed E-state index contributed by atoms with van der Waals surface area (Å²) in [7, 11) is 0. The van der Waals surface area contributed by atoms with Crippen LogP contribution < -0.4 is 5.32 Å². The number of hydrogen-bond acceptors (Lipinski definition) is 1. The van der Waals surface area contributed by atoms with E-state index in [1.165, 1.54) is 10.9 Å². The van der Waals surface area contributed by atoms with E-state index in [0.29, 0.717) is 12.1 Å². The van der Waals surface area contributed by atoms with Crippen LogP contribution in [0.15, 0.2) is 66.9 Å². The lowest BCUT2D eigenvalue weighted by atomic mass is 10.2. The van der Waals surface area contributed by atoms with Gasteiger partial charge in [-0.05, 0) is 29.7 Å². The van der Waals surface area contributed by atoms with Crippen LogP contribution in [0, 0.1) is 0 Å². The number of carbonyl (C=O) groups is 1. The highest BCUT2D eigenvalue weighted by Gasteiger charge is 2.04. The molecular weight excluding hydrogens is 248 g/mol. The zero-order chi connectivity index (χ0) is 13.8. The van der Waals surface area contributed by atoms with Gasteiger partial charge in [-0.2, -0.15) is 0 Å². The molecule has 3 heteroatoms. The maximum Gasteiger partial charge on any atom is 0.251 e. The molecule has 0 unspecified atom stereocenters. The Morgan fingerprint density at radius 1 is 0.950 bits per heavy atom. The number of rotatable bonds is 4. The van der Waals surface area contributed by atoms with E-state index in [1.54, 1.807) is 0 Å². The standard InChI is InChI=1S/C17H16N2O/c20-17(15-7-2-1-3-8-15)18-11-13-19-12-10-14-6-4-5-9-16(14)19/h1-10,12H,11,13H2,(H,18,20). The quantitative estimate of drug-likeness (QED) is 0.772. The second kappa shape index (κ2) is 5.61. The van der Waals surface area contributed by atoms with Gasteiger partial charge in [0, 0.05) is 30.4 Å². The zero-order valence-corrected chi connectivity index (χ0v) is 11.1. The minimum atomic E-state index is -0.0259. The molecule has 1 aromatic heterocycles. The van der Waals surface area contributed by atoms with Crippen LogP contribution in [0.1, 0.15) is 10.4 Å². The van der Waals surface area contributed by atoms with E-state index in [0.717, 1.165) is 6.54 Å². The third kappa shape index (κ3) is 2.57. The maximum absolute atomic E-state index is 11.9. The Balaban J connectivity index is 1.62. The van der Waals surface area contributed by atoms with E-state index in [2.05, 4.69) is 34.3 Å². The predicted molar refractivity (Wildman–Crippen MR) is 80.7 cm³/mol. The summed E-state index contributed by atoms with van der Waals surface area (Å²) in [6, 6.07) is 19.6. The third-order valence-electron chi connectivity index (χ3n) is 3.35. The Hall–Kier alpha value is -2.55. The van der Waals surface area contributed by atoms with E-state index < -0.39 is 0 Å². The number of amides is 1. The van der Waals surface area contributed by atoms with Gasteiger partial charge >= 0.3 is 0 Å². The van der Waals surface area contributed by atoms with Gasteiger partial charge in [0.05, 0.1) is 0 Å². The fraction of sp³-hybridized carbons (Fsp3) is 0.118. The zero-order valence-electron chi connectivity index (χ0n) is 11.1. The van der Waals surface area contributed by atoms with Gasteiger partial charge in [-0.15, -0.1) is 0 Å². The molecule has 3 rings (SSSR count). The molecule has 0 radical (unpaired) electrons. The highest BCUT2D eigenvalue weighted by Crippen LogP contribution is 2.14. The average Bonchev–Trinajstić information content (AvgIpc) is 2.92. The highest BCUT2D eigenvalue weighted by molar-refractivity contribution is 5.94. The Morgan fingerprint density at radius 3 is 2.55 bits per heavy atom. The number of hydrogen-bond donors (Lipinski definition) is 1. The van der Waals surface area contributed by atoms with Crippen LogP contribution in [0.3, 0.4) is 0 Å². The first-order chi connectivity index (χ1) is 9.84. The molecular formula is C17H16N2O. The number of aromatic nitrogens is 1. The number of carbonyl (C=O) groups excluding carboxylic acids is 1. The number of fused-ring (bicyclic) bond motifs is 1. The molecule has 3 aromatic rings. The van der Waals surface area contributed by atoms with E-state index in [1.807, 2.05) is 42.5 Å². The van der Waals surface area contributed by atoms with Crippen molar-refractivity contribution < 1.29 is 4.79 Å². The van der Waals surface area contributed by atoms with Crippen molar-refractivity contribution in [3.8, 4) is 0 Å². The summed E-state index contributed by atoms with van der Waals surface area (Å²) >= 11 is 0. The molecule has 0 aliphatic carbocycles. The summed E-state index contributed by atoms with van der Waals surface area (Å²) in [6.07, 6.45) is 2.05. The lowest BCUT2D eigenvalue weighted by Gasteiger charge is -2.07. The second-order valence-electron chi connectivity index (χ2n) is 4.69. The first-order valence-corrected chi connectivity index (χ1v) is 6.72. The third-order valence-corrected chi connectivity index (χ3v) is 3.35. The summed E-state index contributed by atoms with van der Waals surface area (Å²) in [5.74, 6) is -0.0259. The number of para-hydroxylation sites is 1. The van der Waals surface area contributed by atoms with Crippen molar-refractivity contribution in [2.45, 2.75) is 6.54 Å². The van der Waals surface area contributed by atoms with Crippen molar-refractivity contribution in [3.05, 3.63) is 72.4 Å². The number of nitrogens with one attached hydrogen (secondary N) is 1. The van der Waals surface area contributed by atoms with Gasteiger partial charge in [0.2, 0.25) is 0 Å². The van der Waals surface area contributed by atoms with E-state index >= 15 is 0 Å². The van der Waals surface area contributed by atoms with E-state index in [-0.39, 0.29) is 5.91 Å². The Morgan fingerprint density at radius 2 is 1.70 bits per heavy atom. The first kappa shape index (κ1) is 12.5. The van der Waals surface area contributed by atoms with Crippen LogP contribution in [0.2, 0.25) is 0 Å². The van der Waals surface area contributed by atoms with Gasteiger partial charge in [0.25, 0.3) is 5.91 Å². The second-order valence-corrected chi connectivity index (χ2v) is 4.69. The maximum atomic E-state index is 11.9. The molecule has 0 saturated carbocycles. The fourth-order valence-corrected chi connectivity index (χ4v) is 2.32. The Kier molecular flexibility index (Phi) is 3.50. The molecule has 1 heterocycles. The summed E-state index contributed by atoms with van der Waals surface area (Å²) in [5.41, 5.74) is 1.89. The minimum absolute atomic E-state index is 0.0259. The monoisotopic (exact) mass is 264 g/mol. The molecule has 0 aliphatic rings. The van der Waals surface area contributed by atoms with Crippen molar-refractivity contribution in [1.29, 1.82) is 0 Å². The first-order valence-electron chi connectivity index (χ1n) is 6.72. The van der Waals surface area contributed by atoms with Crippen LogP contribution in [0.25, 0.3) is 10.9 Å². The molecule has 0 bridgehead atoms. The van der Waals surface area contributed by atoms with E-state index in [4.69, 9.17) is 0 Å². The Bertz CT molecular complexity index is 716. The van der Waals surface area contributed by atoms with Crippen LogP contribution in [-0.4, -0.2) is 17.0 Å². The van der Waals surface area contributed by atoms with E-state index in [9.17, 15) is 4.79 Å². The van der Waals surface area contributed by atoms with Gasteiger partial charge in [0.15, 0.2) is 0 Å². The molecule has 0 fully saturated rings. The Labute approximate surface area is 117 Å². The molecule has 0 saturated heterocycles. The molecule has 20 heavy (non-hydrogen) atoms. The smallest absolute Gasteiger partial charge is 0.251 e. The summed E-state index contributed by atoms with van der Waals surface area (Å²) < 4.78 is 2.15. The topological polar surface area (TPSA) is 34.0 Å². The normalized spacial score (nSPS) is 10.6. The van der Waals surface area contributed by atoms with Crippen LogP contribution in [0.4, 0.5) is 0 Å². The van der Waals surface area contributed by atoms with Crippen molar-refractivity contribution in [1.82, 2.24) is 9.88 Å².